The molecule has 2 aliphatic heterocycles. The molecule has 1 aromatic carbocycles. The average molecular weight is 496 g/mol. The summed E-state index contributed by atoms with van der Waals surface area (Å²) < 4.78 is 1.89. The second-order valence-corrected chi connectivity index (χ2v) is 10.7. The van der Waals surface area contributed by atoms with E-state index in [1.165, 1.54) is 18.7 Å². The quantitative estimate of drug-likeness (QED) is 0.485. The molecule has 188 valence electrons. The second-order valence-electron chi connectivity index (χ2n) is 9.79. The number of piperidine rings is 1. The van der Waals surface area contributed by atoms with Gasteiger partial charge in [0.25, 0.3) is 0 Å². The Morgan fingerprint density at radius 1 is 1.06 bits per heavy atom. The van der Waals surface area contributed by atoms with Gasteiger partial charge >= 0.3 is 0 Å². The van der Waals surface area contributed by atoms with Crippen LogP contribution in [-0.2, 0) is 4.79 Å². The first-order valence-corrected chi connectivity index (χ1v) is 13.8. The highest BCUT2D eigenvalue weighted by Gasteiger charge is 2.27. The van der Waals surface area contributed by atoms with E-state index in [1.807, 2.05) is 10.7 Å². The predicted octanol–water partition coefficient (Wildman–Crippen LogP) is 3.13. The van der Waals surface area contributed by atoms with Gasteiger partial charge in [-0.25, -0.2) is 9.50 Å². The van der Waals surface area contributed by atoms with Gasteiger partial charge in [-0.1, -0.05) is 48.1 Å². The van der Waals surface area contributed by atoms with E-state index >= 15 is 0 Å². The third kappa shape index (κ3) is 5.85. The zero-order chi connectivity index (χ0) is 24.2. The van der Waals surface area contributed by atoms with Crippen molar-refractivity contribution in [2.24, 2.45) is 5.92 Å². The van der Waals surface area contributed by atoms with Gasteiger partial charge in [0.1, 0.15) is 0 Å². The molecule has 1 amide bonds. The van der Waals surface area contributed by atoms with Gasteiger partial charge in [-0.05, 0) is 39.3 Å². The van der Waals surface area contributed by atoms with Crippen LogP contribution in [-0.4, -0.2) is 89.2 Å². The summed E-state index contributed by atoms with van der Waals surface area (Å²) in [6, 6.07) is 8.42. The fourth-order valence-electron chi connectivity index (χ4n) is 5.00. The van der Waals surface area contributed by atoms with Crippen LogP contribution >= 0.6 is 11.3 Å². The summed E-state index contributed by atoms with van der Waals surface area (Å²) in [6.07, 6.45) is 4.78. The Kier molecular flexibility index (Phi) is 7.65. The highest BCUT2D eigenvalue weighted by molar-refractivity contribution is 7.20. The molecule has 0 radical (unpaired) electrons. The van der Waals surface area contributed by atoms with Crippen molar-refractivity contribution in [3.8, 4) is 11.3 Å². The maximum Gasteiger partial charge on any atom is 0.223 e. The molecule has 2 saturated heterocycles. The molecule has 1 N–H and O–H groups in total. The molecule has 2 aromatic heterocycles. The van der Waals surface area contributed by atoms with Crippen LogP contribution in [0, 0.1) is 12.8 Å². The highest BCUT2D eigenvalue weighted by Crippen LogP contribution is 2.29. The van der Waals surface area contributed by atoms with E-state index in [-0.39, 0.29) is 11.8 Å². The molecule has 3 aromatic rings. The fourth-order valence-corrected chi connectivity index (χ4v) is 5.94. The molecule has 0 aliphatic carbocycles. The lowest BCUT2D eigenvalue weighted by Crippen LogP contribution is -2.46. The van der Waals surface area contributed by atoms with Crippen molar-refractivity contribution in [2.45, 2.75) is 33.1 Å². The number of aromatic nitrogens is 3. The number of benzene rings is 1. The molecule has 5 rings (SSSR count). The minimum atomic E-state index is 0.108. The monoisotopic (exact) mass is 495 g/mol. The molecular formula is C26H37N7OS. The first-order chi connectivity index (χ1) is 17.1. The normalized spacial score (nSPS) is 18.4. The van der Waals surface area contributed by atoms with Crippen LogP contribution in [0.1, 0.15) is 31.7 Å². The third-order valence-electron chi connectivity index (χ3n) is 7.38. The molecular weight excluding hydrogens is 458 g/mol. The number of rotatable bonds is 8. The summed E-state index contributed by atoms with van der Waals surface area (Å²) in [5.74, 6) is 0.327. The van der Waals surface area contributed by atoms with Crippen LogP contribution in [0.25, 0.3) is 16.2 Å². The first kappa shape index (κ1) is 24.2. The number of carbonyl (C=O) groups excluding carboxylic acids is 1. The van der Waals surface area contributed by atoms with Crippen LogP contribution in [0.4, 0.5) is 5.13 Å². The molecule has 2 fully saturated rings. The van der Waals surface area contributed by atoms with E-state index in [1.54, 1.807) is 11.3 Å². The molecule has 2 aliphatic rings. The van der Waals surface area contributed by atoms with Gasteiger partial charge in [0.2, 0.25) is 16.0 Å². The van der Waals surface area contributed by atoms with Crippen LogP contribution in [0.5, 0.6) is 0 Å². The Balaban J connectivity index is 1.05. The van der Waals surface area contributed by atoms with E-state index in [9.17, 15) is 4.79 Å². The van der Waals surface area contributed by atoms with Gasteiger partial charge in [0.15, 0.2) is 0 Å². The van der Waals surface area contributed by atoms with Gasteiger partial charge in [-0.3, -0.25) is 4.79 Å². The topological polar surface area (TPSA) is 69.0 Å². The summed E-state index contributed by atoms with van der Waals surface area (Å²) in [5, 5.41) is 8.95. The summed E-state index contributed by atoms with van der Waals surface area (Å²) in [7, 11) is 0. The lowest BCUT2D eigenvalue weighted by molar-refractivity contribution is -0.125. The number of anilines is 1. The van der Waals surface area contributed by atoms with Gasteiger partial charge < -0.3 is 20.0 Å². The molecule has 0 atom stereocenters. The van der Waals surface area contributed by atoms with E-state index in [0.717, 1.165) is 86.4 Å². The average Bonchev–Trinajstić information content (AvgIpc) is 3.47. The largest absolute Gasteiger partial charge is 0.356 e. The van der Waals surface area contributed by atoms with Crippen molar-refractivity contribution in [3.63, 3.8) is 0 Å². The fraction of sp³-hybridized carbons (Fsp3) is 0.577. The van der Waals surface area contributed by atoms with E-state index in [0.29, 0.717) is 0 Å². The molecule has 0 spiro atoms. The number of aryl methyl sites for hydroxylation is 1. The number of nitrogens with zero attached hydrogens (tertiary/aromatic N) is 6. The van der Waals surface area contributed by atoms with Crippen molar-refractivity contribution >= 4 is 27.3 Å². The van der Waals surface area contributed by atoms with Crippen LogP contribution in [0.15, 0.2) is 30.5 Å². The molecule has 0 unspecified atom stereocenters. The summed E-state index contributed by atoms with van der Waals surface area (Å²) >= 11 is 1.62. The predicted molar refractivity (Wildman–Crippen MR) is 142 cm³/mol. The number of imidazole rings is 1. The number of hydrogen-bond acceptors (Lipinski definition) is 7. The maximum absolute atomic E-state index is 12.7. The van der Waals surface area contributed by atoms with Crippen LogP contribution in [0.2, 0.25) is 0 Å². The maximum atomic E-state index is 12.7. The van der Waals surface area contributed by atoms with E-state index < -0.39 is 0 Å². The Morgan fingerprint density at radius 2 is 1.77 bits per heavy atom. The number of likely N-dealkylation sites (N-methyl/N-ethyl adjacent to an activating group) is 1. The SMILES string of the molecule is CCN1CCN(CCCNC(=O)C2CCN(c3nn4cc(-c5ccc(C)cc5)nc4s3)CC2)CC1. The zero-order valence-corrected chi connectivity index (χ0v) is 21.8. The summed E-state index contributed by atoms with van der Waals surface area (Å²) in [5.41, 5.74) is 3.31. The van der Waals surface area contributed by atoms with Crippen molar-refractivity contribution in [1.29, 1.82) is 0 Å². The second kappa shape index (κ2) is 11.1. The summed E-state index contributed by atoms with van der Waals surface area (Å²) in [4.78, 5) is 25.7. The van der Waals surface area contributed by atoms with Crippen LogP contribution in [0.3, 0.4) is 0 Å². The number of nitrogens with one attached hydrogen (secondary N) is 1. The van der Waals surface area contributed by atoms with Crippen molar-refractivity contribution in [2.75, 3.05) is 63.8 Å². The summed E-state index contributed by atoms with van der Waals surface area (Å²) in [6.45, 7) is 13.7. The smallest absolute Gasteiger partial charge is 0.223 e. The molecule has 0 saturated carbocycles. The zero-order valence-electron chi connectivity index (χ0n) is 20.9. The standard InChI is InChI=1S/C26H37N7OS/c1-3-30-15-17-31(18-16-30)12-4-11-27-24(34)22-9-13-32(14-10-22)26-29-33-19-23(28-25(33)35-26)21-7-5-20(2)6-8-21/h5-8,19,22H,3-4,9-18H2,1-2H3,(H,27,34). The lowest BCUT2D eigenvalue weighted by Gasteiger charge is -2.34. The van der Waals surface area contributed by atoms with E-state index in [2.05, 4.69) is 58.1 Å². The molecule has 9 heteroatoms. The highest BCUT2D eigenvalue weighted by atomic mass is 32.1. The van der Waals surface area contributed by atoms with Gasteiger partial charge in [0.05, 0.1) is 11.9 Å². The Bertz CT molecular complexity index is 1080. The van der Waals surface area contributed by atoms with Crippen molar-refractivity contribution in [3.05, 3.63) is 36.0 Å². The van der Waals surface area contributed by atoms with Crippen molar-refractivity contribution < 1.29 is 4.79 Å². The number of fused-ring (bicyclic) bond motifs is 1. The molecule has 4 heterocycles. The number of piperazine rings is 1. The van der Waals surface area contributed by atoms with Gasteiger partial charge in [-0.2, -0.15) is 0 Å². The van der Waals surface area contributed by atoms with Crippen LogP contribution < -0.4 is 10.2 Å². The van der Waals surface area contributed by atoms with E-state index in [4.69, 9.17) is 10.1 Å². The first-order valence-electron chi connectivity index (χ1n) is 13.0. The number of hydrogen-bond donors (Lipinski definition) is 1. The molecule has 0 bridgehead atoms. The minimum Gasteiger partial charge on any atom is -0.356 e. The Hall–Kier alpha value is -2.49. The number of carbonyl (C=O) groups is 1. The lowest BCUT2D eigenvalue weighted by atomic mass is 9.96. The van der Waals surface area contributed by atoms with Crippen molar-refractivity contribution in [1.82, 2.24) is 29.7 Å². The number of amides is 1. The molecule has 8 nitrogen and oxygen atoms in total. The van der Waals surface area contributed by atoms with Gasteiger partial charge in [0, 0.05) is 57.3 Å². The molecule has 35 heavy (non-hydrogen) atoms. The third-order valence-corrected chi connectivity index (χ3v) is 8.36. The minimum absolute atomic E-state index is 0.108. The Labute approximate surface area is 211 Å². The Morgan fingerprint density at radius 3 is 2.46 bits per heavy atom. The van der Waals surface area contributed by atoms with Gasteiger partial charge in [-0.15, -0.1) is 5.10 Å².